The number of carbonyl (C=O) groups excluding carboxylic acids is 1. The third kappa shape index (κ3) is 4.48. The van der Waals surface area contributed by atoms with Gasteiger partial charge >= 0.3 is 5.97 Å². The van der Waals surface area contributed by atoms with Crippen LogP contribution in [0.25, 0.3) is 0 Å². The van der Waals surface area contributed by atoms with E-state index in [9.17, 15) is 9.59 Å². The van der Waals surface area contributed by atoms with Gasteiger partial charge in [-0.2, -0.15) is 0 Å². The Morgan fingerprint density at radius 2 is 1.95 bits per heavy atom. The van der Waals surface area contributed by atoms with E-state index >= 15 is 0 Å². The number of hydrogen-bond acceptors (Lipinski definition) is 3. The van der Waals surface area contributed by atoms with Gasteiger partial charge in [-0.05, 0) is 49.9 Å². The van der Waals surface area contributed by atoms with Gasteiger partial charge in [-0.15, -0.1) is 0 Å². The summed E-state index contributed by atoms with van der Waals surface area (Å²) >= 11 is 0. The molecule has 0 saturated carbocycles. The smallest absolute Gasteiger partial charge is 0.308 e. The molecular formula is C17H23NO4. The van der Waals surface area contributed by atoms with Crippen LogP contribution in [0.5, 0.6) is 5.75 Å². The van der Waals surface area contributed by atoms with Crippen LogP contribution in [0.4, 0.5) is 0 Å². The van der Waals surface area contributed by atoms with Crippen molar-refractivity contribution in [1.82, 2.24) is 4.90 Å². The third-order valence-electron chi connectivity index (χ3n) is 3.90. The zero-order chi connectivity index (χ0) is 16.1. The van der Waals surface area contributed by atoms with Gasteiger partial charge in [-0.3, -0.25) is 9.59 Å². The zero-order valence-corrected chi connectivity index (χ0v) is 13.2. The van der Waals surface area contributed by atoms with Crippen molar-refractivity contribution in [2.75, 3.05) is 19.7 Å². The average Bonchev–Trinajstić information content (AvgIpc) is 2.46. The van der Waals surface area contributed by atoms with Gasteiger partial charge in [0.15, 0.2) is 0 Å². The molecule has 1 saturated heterocycles. The van der Waals surface area contributed by atoms with E-state index in [1.165, 1.54) is 0 Å². The minimum Gasteiger partial charge on any atom is -0.493 e. The van der Waals surface area contributed by atoms with Gasteiger partial charge in [0.05, 0.1) is 18.9 Å². The molecule has 1 amide bonds. The number of likely N-dealkylation sites (tertiary alicyclic amines) is 1. The van der Waals surface area contributed by atoms with Gasteiger partial charge in [0.25, 0.3) is 0 Å². The maximum atomic E-state index is 12.1. The maximum Gasteiger partial charge on any atom is 0.308 e. The van der Waals surface area contributed by atoms with Gasteiger partial charge in [0.2, 0.25) is 5.91 Å². The summed E-state index contributed by atoms with van der Waals surface area (Å²) in [5.74, 6) is -0.510. The molecule has 1 fully saturated rings. The molecule has 0 bridgehead atoms. The van der Waals surface area contributed by atoms with Gasteiger partial charge in [-0.25, -0.2) is 0 Å². The highest BCUT2D eigenvalue weighted by Gasteiger charge is 2.27. The highest BCUT2D eigenvalue weighted by atomic mass is 16.5. The molecule has 1 atom stereocenters. The highest BCUT2D eigenvalue weighted by Crippen LogP contribution is 2.18. The summed E-state index contributed by atoms with van der Waals surface area (Å²) in [5.41, 5.74) is 2.25. The molecule has 1 aromatic carbocycles. The van der Waals surface area contributed by atoms with E-state index in [1.54, 1.807) is 4.90 Å². The fourth-order valence-electron chi connectivity index (χ4n) is 2.84. The molecule has 1 aliphatic heterocycles. The Hall–Kier alpha value is -2.04. The number of piperidine rings is 1. The predicted molar refractivity (Wildman–Crippen MR) is 83.0 cm³/mol. The summed E-state index contributed by atoms with van der Waals surface area (Å²) in [6.45, 7) is 5.29. The molecule has 0 spiro atoms. The van der Waals surface area contributed by atoms with Crippen molar-refractivity contribution in [1.29, 1.82) is 0 Å². The molecule has 2 rings (SSSR count). The van der Waals surface area contributed by atoms with E-state index in [0.717, 1.165) is 23.3 Å². The third-order valence-corrected chi connectivity index (χ3v) is 3.90. The Labute approximate surface area is 130 Å². The maximum absolute atomic E-state index is 12.1. The van der Waals surface area contributed by atoms with Crippen molar-refractivity contribution >= 4 is 11.9 Å². The minimum atomic E-state index is -0.816. The Balaban J connectivity index is 1.81. The molecule has 5 nitrogen and oxygen atoms in total. The highest BCUT2D eigenvalue weighted by molar-refractivity contribution is 5.78. The molecular weight excluding hydrogens is 282 g/mol. The number of carbonyl (C=O) groups is 2. The Morgan fingerprint density at radius 1 is 1.27 bits per heavy atom. The van der Waals surface area contributed by atoms with Crippen molar-refractivity contribution in [2.24, 2.45) is 5.92 Å². The number of aliphatic carboxylic acids is 1. The number of rotatable bonds is 5. The van der Waals surface area contributed by atoms with Gasteiger partial charge in [-0.1, -0.05) is 6.07 Å². The van der Waals surface area contributed by atoms with Crippen LogP contribution in [0, 0.1) is 19.8 Å². The fraction of sp³-hybridized carbons (Fsp3) is 0.529. The first-order valence-corrected chi connectivity index (χ1v) is 7.67. The van der Waals surface area contributed by atoms with Crippen molar-refractivity contribution < 1.29 is 19.4 Å². The number of ether oxygens (including phenoxy) is 1. The van der Waals surface area contributed by atoms with E-state index in [-0.39, 0.29) is 12.3 Å². The lowest BCUT2D eigenvalue weighted by Gasteiger charge is -2.30. The number of carboxylic acid groups (broad SMARTS) is 1. The number of carboxylic acids is 1. The lowest BCUT2D eigenvalue weighted by molar-refractivity contribution is -0.145. The first-order valence-electron chi connectivity index (χ1n) is 7.67. The van der Waals surface area contributed by atoms with Crippen molar-refractivity contribution in [3.05, 3.63) is 29.3 Å². The van der Waals surface area contributed by atoms with Crippen molar-refractivity contribution in [3.63, 3.8) is 0 Å². The number of amides is 1. The van der Waals surface area contributed by atoms with Crippen LogP contribution in [0.15, 0.2) is 18.2 Å². The standard InChI is InChI=1S/C17H23NO4/c1-12-8-13(2)10-15(9-12)22-7-5-16(19)18-6-3-4-14(11-18)17(20)21/h8-10,14H,3-7,11H2,1-2H3,(H,20,21)/t14-/m1/s1. The number of benzene rings is 1. The zero-order valence-electron chi connectivity index (χ0n) is 13.2. The van der Waals surface area contributed by atoms with E-state index in [1.807, 2.05) is 26.0 Å². The SMILES string of the molecule is Cc1cc(C)cc(OCCC(=O)N2CCC[C@@H](C(=O)O)C2)c1. The van der Waals surface area contributed by atoms with Crippen LogP contribution in [0.3, 0.4) is 0 Å². The quantitative estimate of drug-likeness (QED) is 0.907. The molecule has 0 radical (unpaired) electrons. The topological polar surface area (TPSA) is 66.8 Å². The summed E-state index contributed by atoms with van der Waals surface area (Å²) in [4.78, 5) is 24.8. The van der Waals surface area contributed by atoms with Crippen molar-refractivity contribution in [3.8, 4) is 5.75 Å². The van der Waals surface area contributed by atoms with E-state index in [4.69, 9.17) is 9.84 Å². The second-order valence-electron chi connectivity index (χ2n) is 5.94. The lowest BCUT2D eigenvalue weighted by Crippen LogP contribution is -2.42. The Bertz CT molecular complexity index is 535. The molecule has 5 heteroatoms. The van der Waals surface area contributed by atoms with Crippen LogP contribution in [-0.2, 0) is 9.59 Å². The van der Waals surface area contributed by atoms with E-state index in [0.29, 0.717) is 26.1 Å². The monoisotopic (exact) mass is 305 g/mol. The molecule has 1 N–H and O–H groups in total. The summed E-state index contributed by atoms with van der Waals surface area (Å²) in [7, 11) is 0. The Kier molecular flexibility index (Phi) is 5.41. The Morgan fingerprint density at radius 3 is 2.59 bits per heavy atom. The van der Waals surface area contributed by atoms with Crippen LogP contribution >= 0.6 is 0 Å². The molecule has 22 heavy (non-hydrogen) atoms. The van der Waals surface area contributed by atoms with Crippen molar-refractivity contribution in [2.45, 2.75) is 33.1 Å². The average molecular weight is 305 g/mol. The number of hydrogen-bond donors (Lipinski definition) is 1. The van der Waals surface area contributed by atoms with Crippen LogP contribution in [0.2, 0.25) is 0 Å². The predicted octanol–water partition coefficient (Wildman–Crippen LogP) is 2.40. The molecule has 1 aromatic rings. The molecule has 1 aliphatic rings. The summed E-state index contributed by atoms with van der Waals surface area (Å²) in [6, 6.07) is 5.95. The van der Waals surface area contributed by atoms with Crippen LogP contribution in [-0.4, -0.2) is 41.6 Å². The van der Waals surface area contributed by atoms with Crippen LogP contribution < -0.4 is 4.74 Å². The molecule has 0 aromatic heterocycles. The molecule has 1 heterocycles. The normalized spacial score (nSPS) is 18.1. The minimum absolute atomic E-state index is 0.0321. The summed E-state index contributed by atoms with van der Waals surface area (Å²) < 4.78 is 5.64. The molecule has 0 aliphatic carbocycles. The second-order valence-corrected chi connectivity index (χ2v) is 5.94. The van der Waals surface area contributed by atoms with Gasteiger partial charge in [0.1, 0.15) is 5.75 Å². The second kappa shape index (κ2) is 7.29. The van der Waals surface area contributed by atoms with Gasteiger partial charge in [0, 0.05) is 13.1 Å². The van der Waals surface area contributed by atoms with E-state index < -0.39 is 11.9 Å². The number of aryl methyl sites for hydroxylation is 2. The first-order chi connectivity index (χ1) is 10.5. The van der Waals surface area contributed by atoms with Crippen LogP contribution in [0.1, 0.15) is 30.4 Å². The number of nitrogens with zero attached hydrogens (tertiary/aromatic N) is 1. The fourth-order valence-corrected chi connectivity index (χ4v) is 2.84. The first kappa shape index (κ1) is 16.3. The summed E-state index contributed by atoms with van der Waals surface area (Å²) in [6.07, 6.45) is 1.68. The summed E-state index contributed by atoms with van der Waals surface area (Å²) in [5, 5.41) is 9.05. The van der Waals surface area contributed by atoms with E-state index in [2.05, 4.69) is 6.07 Å². The molecule has 120 valence electrons. The molecule has 0 unspecified atom stereocenters. The lowest BCUT2D eigenvalue weighted by atomic mass is 9.98. The van der Waals surface area contributed by atoms with Gasteiger partial charge < -0.3 is 14.7 Å². The largest absolute Gasteiger partial charge is 0.493 e.